The first-order valence-electron chi connectivity index (χ1n) is 6.28. The average Bonchev–Trinajstić information content (AvgIpc) is 2.31. The SMILES string of the molecule is Cc1cc(Nc2cc(Cl)nc(N)n2)ccc1OC(C)C. The Kier molecular flexibility index (Phi) is 4.29. The number of rotatable bonds is 4. The fourth-order valence-corrected chi connectivity index (χ4v) is 1.95. The molecular formula is C14H17ClN4O. The Morgan fingerprint density at radius 1 is 1.25 bits per heavy atom. The predicted molar refractivity (Wildman–Crippen MR) is 81.7 cm³/mol. The van der Waals surface area contributed by atoms with Crippen molar-refractivity contribution in [3.8, 4) is 5.75 Å². The summed E-state index contributed by atoms with van der Waals surface area (Å²) in [6.45, 7) is 5.98. The Morgan fingerprint density at radius 3 is 2.60 bits per heavy atom. The lowest BCUT2D eigenvalue weighted by molar-refractivity contribution is 0.241. The highest BCUT2D eigenvalue weighted by Crippen LogP contribution is 2.25. The molecule has 6 heteroatoms. The van der Waals surface area contributed by atoms with Crippen molar-refractivity contribution in [3.63, 3.8) is 0 Å². The van der Waals surface area contributed by atoms with Crippen molar-refractivity contribution < 1.29 is 4.74 Å². The minimum atomic E-state index is 0.136. The standard InChI is InChI=1S/C14H17ClN4O/c1-8(2)20-11-5-4-10(6-9(11)3)17-13-7-12(15)18-14(16)19-13/h4-8H,1-3H3,(H3,16,17,18,19). The van der Waals surface area contributed by atoms with E-state index in [2.05, 4.69) is 15.3 Å². The number of aryl methyl sites for hydroxylation is 1. The van der Waals surface area contributed by atoms with Crippen LogP contribution in [0.25, 0.3) is 0 Å². The number of nitrogen functional groups attached to an aromatic ring is 1. The summed E-state index contributed by atoms with van der Waals surface area (Å²) >= 11 is 5.84. The number of nitrogens with two attached hydrogens (primary N) is 1. The number of benzene rings is 1. The Hall–Kier alpha value is -2.01. The van der Waals surface area contributed by atoms with E-state index in [-0.39, 0.29) is 12.1 Å². The molecule has 1 heterocycles. The lowest BCUT2D eigenvalue weighted by Crippen LogP contribution is -2.07. The van der Waals surface area contributed by atoms with Crippen LogP contribution in [0, 0.1) is 6.92 Å². The zero-order chi connectivity index (χ0) is 14.7. The van der Waals surface area contributed by atoms with Gasteiger partial charge >= 0.3 is 0 Å². The van der Waals surface area contributed by atoms with Crippen molar-refractivity contribution in [2.45, 2.75) is 26.9 Å². The average molecular weight is 293 g/mol. The van der Waals surface area contributed by atoms with Crippen molar-refractivity contribution in [1.29, 1.82) is 0 Å². The van der Waals surface area contributed by atoms with Crippen LogP contribution in [0.3, 0.4) is 0 Å². The van der Waals surface area contributed by atoms with E-state index in [1.807, 2.05) is 39.0 Å². The molecule has 0 radical (unpaired) electrons. The van der Waals surface area contributed by atoms with Gasteiger partial charge in [0.25, 0.3) is 0 Å². The van der Waals surface area contributed by atoms with Crippen LogP contribution in [0.4, 0.5) is 17.5 Å². The molecule has 0 aliphatic rings. The van der Waals surface area contributed by atoms with Crippen LogP contribution in [0.5, 0.6) is 5.75 Å². The Bertz CT molecular complexity index is 596. The molecule has 0 saturated heterocycles. The fourth-order valence-electron chi connectivity index (χ4n) is 1.76. The van der Waals surface area contributed by atoms with Crippen LogP contribution < -0.4 is 15.8 Å². The quantitative estimate of drug-likeness (QED) is 0.843. The van der Waals surface area contributed by atoms with Gasteiger partial charge in [0.2, 0.25) is 5.95 Å². The van der Waals surface area contributed by atoms with Gasteiger partial charge in [-0.2, -0.15) is 4.98 Å². The summed E-state index contributed by atoms with van der Waals surface area (Å²) in [6.07, 6.45) is 0.146. The van der Waals surface area contributed by atoms with Crippen LogP contribution in [0.15, 0.2) is 24.3 Å². The van der Waals surface area contributed by atoms with Gasteiger partial charge in [-0.1, -0.05) is 11.6 Å². The predicted octanol–water partition coefficient (Wildman–Crippen LogP) is 3.55. The zero-order valence-corrected chi connectivity index (χ0v) is 12.4. The van der Waals surface area contributed by atoms with Crippen LogP contribution >= 0.6 is 11.6 Å². The number of aromatic nitrogens is 2. The van der Waals surface area contributed by atoms with E-state index in [9.17, 15) is 0 Å². The molecule has 0 bridgehead atoms. The van der Waals surface area contributed by atoms with Gasteiger partial charge in [-0.15, -0.1) is 0 Å². The van der Waals surface area contributed by atoms with Crippen molar-refractivity contribution >= 4 is 29.1 Å². The molecule has 0 fully saturated rings. The topological polar surface area (TPSA) is 73.1 Å². The van der Waals surface area contributed by atoms with Gasteiger partial charge < -0.3 is 15.8 Å². The molecule has 106 valence electrons. The van der Waals surface area contributed by atoms with E-state index >= 15 is 0 Å². The molecular weight excluding hydrogens is 276 g/mol. The molecule has 3 N–H and O–H groups in total. The van der Waals surface area contributed by atoms with Gasteiger partial charge in [-0.25, -0.2) is 4.98 Å². The monoisotopic (exact) mass is 292 g/mol. The van der Waals surface area contributed by atoms with Gasteiger partial charge in [0.05, 0.1) is 6.10 Å². The summed E-state index contributed by atoms with van der Waals surface area (Å²) in [5.41, 5.74) is 7.48. The van der Waals surface area contributed by atoms with Crippen LogP contribution in [0.1, 0.15) is 19.4 Å². The maximum Gasteiger partial charge on any atom is 0.223 e. The molecule has 0 saturated carbocycles. The Morgan fingerprint density at radius 2 is 2.00 bits per heavy atom. The summed E-state index contributed by atoms with van der Waals surface area (Å²) in [7, 11) is 0. The fraction of sp³-hybridized carbons (Fsp3) is 0.286. The number of ether oxygens (including phenoxy) is 1. The van der Waals surface area contributed by atoms with Crippen LogP contribution in [-0.4, -0.2) is 16.1 Å². The highest BCUT2D eigenvalue weighted by atomic mass is 35.5. The first-order chi connectivity index (χ1) is 9.44. The van der Waals surface area contributed by atoms with E-state index in [4.69, 9.17) is 22.1 Å². The first kappa shape index (κ1) is 14.4. The van der Waals surface area contributed by atoms with Crippen molar-refractivity contribution in [3.05, 3.63) is 35.0 Å². The molecule has 5 nitrogen and oxygen atoms in total. The largest absolute Gasteiger partial charge is 0.491 e. The number of nitrogens with zero attached hydrogens (tertiary/aromatic N) is 2. The normalized spacial score (nSPS) is 10.7. The molecule has 1 aromatic heterocycles. The maximum atomic E-state index is 5.84. The summed E-state index contributed by atoms with van der Waals surface area (Å²) in [4.78, 5) is 7.88. The number of halogens is 1. The Balaban J connectivity index is 2.19. The molecule has 0 aliphatic heterocycles. The smallest absolute Gasteiger partial charge is 0.223 e. The number of hydrogen-bond donors (Lipinski definition) is 2. The van der Waals surface area contributed by atoms with Crippen LogP contribution in [-0.2, 0) is 0 Å². The second-order valence-electron chi connectivity index (χ2n) is 4.71. The molecule has 1 aromatic carbocycles. The van der Waals surface area contributed by atoms with E-state index in [1.165, 1.54) is 0 Å². The number of nitrogens with one attached hydrogen (secondary N) is 1. The Labute approximate surface area is 123 Å². The van der Waals surface area contributed by atoms with Gasteiger partial charge in [0.15, 0.2) is 0 Å². The summed E-state index contributed by atoms with van der Waals surface area (Å²) < 4.78 is 5.69. The first-order valence-corrected chi connectivity index (χ1v) is 6.66. The third-order valence-corrected chi connectivity index (χ3v) is 2.72. The van der Waals surface area contributed by atoms with E-state index in [0.717, 1.165) is 17.0 Å². The van der Waals surface area contributed by atoms with Gasteiger partial charge in [-0.3, -0.25) is 0 Å². The van der Waals surface area contributed by atoms with E-state index in [0.29, 0.717) is 11.0 Å². The lowest BCUT2D eigenvalue weighted by Gasteiger charge is -2.14. The summed E-state index contributed by atoms with van der Waals surface area (Å²) in [5, 5.41) is 3.44. The minimum absolute atomic E-state index is 0.136. The molecule has 2 aromatic rings. The lowest BCUT2D eigenvalue weighted by atomic mass is 10.2. The van der Waals surface area contributed by atoms with E-state index in [1.54, 1.807) is 6.07 Å². The number of anilines is 3. The third-order valence-electron chi connectivity index (χ3n) is 2.52. The highest BCUT2D eigenvalue weighted by Gasteiger charge is 2.05. The van der Waals surface area contributed by atoms with E-state index < -0.39 is 0 Å². The van der Waals surface area contributed by atoms with Gasteiger partial charge in [0.1, 0.15) is 16.7 Å². The molecule has 0 spiro atoms. The molecule has 20 heavy (non-hydrogen) atoms. The summed E-state index contributed by atoms with van der Waals surface area (Å²) in [5.74, 6) is 1.56. The molecule has 0 unspecified atom stereocenters. The summed E-state index contributed by atoms with van der Waals surface area (Å²) in [6, 6.07) is 7.43. The second-order valence-corrected chi connectivity index (χ2v) is 5.09. The third kappa shape index (κ3) is 3.74. The van der Waals surface area contributed by atoms with Crippen molar-refractivity contribution in [2.24, 2.45) is 0 Å². The molecule has 2 rings (SSSR count). The second kappa shape index (κ2) is 5.96. The highest BCUT2D eigenvalue weighted by molar-refractivity contribution is 6.29. The van der Waals surface area contributed by atoms with Gasteiger partial charge in [-0.05, 0) is 44.5 Å². The number of hydrogen-bond acceptors (Lipinski definition) is 5. The van der Waals surface area contributed by atoms with Crippen molar-refractivity contribution in [1.82, 2.24) is 9.97 Å². The minimum Gasteiger partial charge on any atom is -0.491 e. The van der Waals surface area contributed by atoms with Gasteiger partial charge in [0, 0.05) is 11.8 Å². The van der Waals surface area contributed by atoms with Crippen molar-refractivity contribution in [2.75, 3.05) is 11.1 Å². The maximum absolute atomic E-state index is 5.84. The molecule has 0 amide bonds. The van der Waals surface area contributed by atoms with Crippen LogP contribution in [0.2, 0.25) is 5.15 Å². The zero-order valence-electron chi connectivity index (χ0n) is 11.6. The molecule has 0 atom stereocenters. The molecule has 0 aliphatic carbocycles.